The van der Waals surface area contributed by atoms with Gasteiger partial charge in [-0.3, -0.25) is 4.79 Å². The molecule has 0 saturated carbocycles. The minimum atomic E-state index is -4.64. The van der Waals surface area contributed by atoms with Gasteiger partial charge in [-0.25, -0.2) is 8.42 Å². The third kappa shape index (κ3) is 3.58. The van der Waals surface area contributed by atoms with Gasteiger partial charge in [0, 0.05) is 5.56 Å². The number of aldehydes is 1. The van der Waals surface area contributed by atoms with E-state index in [0.717, 1.165) is 6.07 Å². The van der Waals surface area contributed by atoms with Crippen LogP contribution < -0.4 is 34.3 Å². The molecule has 1 aromatic carbocycles. The molecule has 0 bridgehead atoms. The van der Waals surface area contributed by atoms with Gasteiger partial charge in [-0.1, -0.05) is 0 Å². The van der Waals surface area contributed by atoms with Crippen LogP contribution in [0.2, 0.25) is 0 Å². The summed E-state index contributed by atoms with van der Waals surface area (Å²) in [5, 5.41) is 0. The van der Waals surface area contributed by atoms with E-state index < -0.39 is 15.0 Å². The van der Waals surface area contributed by atoms with Gasteiger partial charge in [0.2, 0.25) is 0 Å². The van der Waals surface area contributed by atoms with Crippen LogP contribution in [0, 0.1) is 0 Å². The number of methoxy groups -OCH3 is 1. The van der Waals surface area contributed by atoms with E-state index >= 15 is 0 Å². The number of ether oxygens (including phenoxy) is 1. The fourth-order valence-corrected chi connectivity index (χ4v) is 1.62. The zero-order valence-electron chi connectivity index (χ0n) is 8.26. The maximum Gasteiger partial charge on any atom is 1.00 e. The Morgan fingerprint density at radius 3 is 2.40 bits per heavy atom. The van der Waals surface area contributed by atoms with E-state index in [1.54, 1.807) is 0 Å². The molecule has 0 unspecified atom stereocenters. The molecule has 1 aromatic rings. The normalized spacial score (nSPS) is 10.3. The second-order valence-electron chi connectivity index (χ2n) is 2.48. The Labute approximate surface area is 109 Å². The Bertz CT molecular complexity index is 454. The summed E-state index contributed by atoms with van der Waals surface area (Å²) < 4.78 is 36.9. The van der Waals surface area contributed by atoms with E-state index in [0.29, 0.717) is 6.29 Å². The molecule has 0 aliphatic rings. The van der Waals surface area contributed by atoms with E-state index in [4.69, 9.17) is 4.74 Å². The minimum Gasteiger partial charge on any atom is -0.744 e. The van der Waals surface area contributed by atoms with Crippen LogP contribution in [-0.4, -0.2) is 26.4 Å². The average molecular weight is 238 g/mol. The third-order valence-corrected chi connectivity index (χ3v) is 2.51. The van der Waals surface area contributed by atoms with Gasteiger partial charge in [0.05, 0.1) is 12.0 Å². The maximum atomic E-state index is 10.7. The molecule has 76 valence electrons. The topological polar surface area (TPSA) is 83.5 Å². The monoisotopic (exact) mass is 238 g/mol. The molecule has 0 spiro atoms. The van der Waals surface area contributed by atoms with Gasteiger partial charge in [0.1, 0.15) is 15.9 Å². The van der Waals surface area contributed by atoms with Gasteiger partial charge in [0.15, 0.2) is 6.29 Å². The van der Waals surface area contributed by atoms with E-state index in [1.807, 2.05) is 0 Å². The number of rotatable bonds is 3. The predicted octanol–water partition coefficient (Wildman–Crippen LogP) is -2.58. The first-order chi connectivity index (χ1) is 6.49. The first-order valence-corrected chi connectivity index (χ1v) is 4.99. The largest absolute Gasteiger partial charge is 1.00 e. The van der Waals surface area contributed by atoms with Gasteiger partial charge in [0.25, 0.3) is 0 Å². The van der Waals surface area contributed by atoms with E-state index in [2.05, 4.69) is 0 Å². The quantitative estimate of drug-likeness (QED) is 0.328. The van der Waals surface area contributed by atoms with Crippen molar-refractivity contribution in [2.45, 2.75) is 4.90 Å². The number of hydrogen-bond donors (Lipinski definition) is 0. The first-order valence-electron chi connectivity index (χ1n) is 3.58. The smallest absolute Gasteiger partial charge is 0.744 e. The number of carbonyl (C=O) groups is 1. The molecule has 0 heterocycles. The van der Waals surface area contributed by atoms with Gasteiger partial charge in [-0.05, 0) is 18.2 Å². The molecule has 0 fully saturated rings. The maximum absolute atomic E-state index is 10.7. The molecular weight excluding hydrogens is 231 g/mol. The van der Waals surface area contributed by atoms with Crippen LogP contribution >= 0.6 is 0 Å². The summed E-state index contributed by atoms with van der Waals surface area (Å²) in [6.07, 6.45) is 0.310. The zero-order valence-corrected chi connectivity index (χ0v) is 11.1. The van der Waals surface area contributed by atoms with Crippen molar-refractivity contribution in [3.63, 3.8) is 0 Å². The van der Waals surface area contributed by atoms with Gasteiger partial charge < -0.3 is 9.29 Å². The minimum absolute atomic E-state index is 0. The summed E-state index contributed by atoms with van der Waals surface area (Å²) in [5.41, 5.74) is -0.166. The Morgan fingerprint density at radius 1 is 1.40 bits per heavy atom. The second-order valence-corrected chi connectivity index (χ2v) is 3.82. The van der Waals surface area contributed by atoms with Crippen LogP contribution in [0.15, 0.2) is 23.1 Å². The fraction of sp³-hybridized carbons (Fsp3) is 0.125. The molecule has 7 heteroatoms. The molecular formula is C8H7NaO5S. The van der Waals surface area contributed by atoms with Crippen molar-refractivity contribution in [3.8, 4) is 5.75 Å². The van der Waals surface area contributed by atoms with Crippen molar-refractivity contribution in [1.82, 2.24) is 0 Å². The van der Waals surface area contributed by atoms with Crippen LogP contribution in [0.1, 0.15) is 10.4 Å². The standard InChI is InChI=1S/C8H8O5S.Na/c1-13-7-3-2-6(5-9)8(4-7)14(10,11)12;/h2-5H,1H3,(H,10,11,12);/q;+1/p-1. The number of benzene rings is 1. The van der Waals surface area contributed by atoms with Crippen LogP contribution in [-0.2, 0) is 10.1 Å². The van der Waals surface area contributed by atoms with Gasteiger partial charge in [-0.15, -0.1) is 0 Å². The molecule has 0 atom stereocenters. The molecule has 0 aliphatic heterocycles. The first kappa shape index (κ1) is 14.6. The Balaban J connectivity index is 0.00000196. The molecule has 5 nitrogen and oxygen atoms in total. The fourth-order valence-electron chi connectivity index (χ4n) is 0.956. The van der Waals surface area contributed by atoms with Crippen LogP contribution in [0.25, 0.3) is 0 Å². The Morgan fingerprint density at radius 2 is 2.00 bits per heavy atom. The summed E-state index contributed by atoms with van der Waals surface area (Å²) in [6, 6.07) is 3.64. The molecule has 0 aliphatic carbocycles. The van der Waals surface area contributed by atoms with Crippen molar-refractivity contribution in [3.05, 3.63) is 23.8 Å². The van der Waals surface area contributed by atoms with Crippen molar-refractivity contribution in [1.29, 1.82) is 0 Å². The summed E-state index contributed by atoms with van der Waals surface area (Å²) in [6.45, 7) is 0. The third-order valence-electron chi connectivity index (χ3n) is 1.62. The Kier molecular flexibility index (Phi) is 5.47. The van der Waals surface area contributed by atoms with Gasteiger partial charge >= 0.3 is 29.6 Å². The van der Waals surface area contributed by atoms with Crippen molar-refractivity contribution in [2.24, 2.45) is 0 Å². The van der Waals surface area contributed by atoms with E-state index in [9.17, 15) is 17.8 Å². The molecule has 0 N–H and O–H groups in total. The summed E-state index contributed by atoms with van der Waals surface area (Å²) in [4.78, 5) is 9.87. The van der Waals surface area contributed by atoms with Crippen LogP contribution in [0.4, 0.5) is 0 Å². The summed E-state index contributed by atoms with van der Waals surface area (Å²) in [5.74, 6) is 0.213. The van der Waals surface area contributed by atoms with E-state index in [-0.39, 0.29) is 40.9 Å². The molecule has 0 saturated heterocycles. The molecule has 0 amide bonds. The Hall–Kier alpha value is -0.400. The van der Waals surface area contributed by atoms with Crippen molar-refractivity contribution in [2.75, 3.05) is 7.11 Å². The average Bonchev–Trinajstić information content (AvgIpc) is 2.15. The van der Waals surface area contributed by atoms with Crippen molar-refractivity contribution < 1.29 is 52.1 Å². The summed E-state index contributed by atoms with van der Waals surface area (Å²) in [7, 11) is -3.31. The van der Waals surface area contributed by atoms with Crippen molar-refractivity contribution >= 4 is 16.4 Å². The zero-order chi connectivity index (χ0) is 10.8. The molecule has 0 aromatic heterocycles. The summed E-state index contributed by atoms with van der Waals surface area (Å²) >= 11 is 0. The predicted molar refractivity (Wildman–Crippen MR) is 46.3 cm³/mol. The van der Waals surface area contributed by atoms with Crippen LogP contribution in [0.3, 0.4) is 0 Å². The molecule has 1 rings (SSSR count). The van der Waals surface area contributed by atoms with E-state index in [1.165, 1.54) is 19.2 Å². The molecule has 15 heavy (non-hydrogen) atoms. The van der Waals surface area contributed by atoms with Crippen LogP contribution in [0.5, 0.6) is 5.75 Å². The van der Waals surface area contributed by atoms with Gasteiger partial charge in [-0.2, -0.15) is 0 Å². The number of hydrogen-bond acceptors (Lipinski definition) is 5. The molecule has 0 radical (unpaired) electrons. The SMILES string of the molecule is COc1ccc(C=O)c(S(=O)(=O)[O-])c1.[Na+]. The second kappa shape index (κ2) is 5.62. The number of carbonyl (C=O) groups excluding carboxylic acids is 1.